The lowest BCUT2D eigenvalue weighted by Gasteiger charge is -2.25. The molecule has 1 aromatic rings. The molecule has 1 fully saturated rings. The van der Waals surface area contributed by atoms with Gasteiger partial charge in [0.2, 0.25) is 0 Å². The molecule has 0 saturated heterocycles. The largest absolute Gasteiger partial charge is 0.313 e. The van der Waals surface area contributed by atoms with Crippen molar-refractivity contribution in [2.75, 3.05) is 6.54 Å². The number of rotatable bonds is 7. The van der Waals surface area contributed by atoms with Gasteiger partial charge in [0.15, 0.2) is 0 Å². The van der Waals surface area contributed by atoms with Gasteiger partial charge in [0, 0.05) is 11.1 Å². The van der Waals surface area contributed by atoms with E-state index in [9.17, 15) is 4.39 Å². The Hall–Kier alpha value is -0.600. The number of benzene rings is 1. The SMILES string of the molecule is CCCNC(Cc1cc(Cl)ccc1F)C(C)C1CC1. The maximum Gasteiger partial charge on any atom is 0.126 e. The van der Waals surface area contributed by atoms with Crippen LogP contribution in [0.1, 0.15) is 38.7 Å². The van der Waals surface area contributed by atoms with Gasteiger partial charge >= 0.3 is 0 Å². The van der Waals surface area contributed by atoms with Gasteiger partial charge in [-0.3, -0.25) is 0 Å². The van der Waals surface area contributed by atoms with Crippen molar-refractivity contribution in [3.63, 3.8) is 0 Å². The Morgan fingerprint density at radius 1 is 1.42 bits per heavy atom. The normalized spacial score (nSPS) is 18.3. The third-order valence-corrected chi connectivity index (χ3v) is 4.34. The van der Waals surface area contributed by atoms with E-state index in [0.717, 1.165) is 30.9 Å². The predicted molar refractivity (Wildman–Crippen MR) is 79.1 cm³/mol. The average molecular weight is 284 g/mol. The van der Waals surface area contributed by atoms with Crippen molar-refractivity contribution in [1.29, 1.82) is 0 Å². The Balaban J connectivity index is 2.07. The van der Waals surface area contributed by atoms with Gasteiger partial charge in [-0.05, 0) is 67.8 Å². The molecule has 0 bridgehead atoms. The second-order valence-corrected chi connectivity index (χ2v) is 6.13. The second kappa shape index (κ2) is 6.71. The van der Waals surface area contributed by atoms with Crippen molar-refractivity contribution in [2.45, 2.75) is 45.6 Å². The summed E-state index contributed by atoms with van der Waals surface area (Å²) < 4.78 is 13.8. The highest BCUT2D eigenvalue weighted by atomic mass is 35.5. The monoisotopic (exact) mass is 283 g/mol. The van der Waals surface area contributed by atoms with E-state index in [0.29, 0.717) is 17.0 Å². The lowest BCUT2D eigenvalue weighted by Crippen LogP contribution is -2.38. The van der Waals surface area contributed by atoms with Crippen molar-refractivity contribution in [3.8, 4) is 0 Å². The van der Waals surface area contributed by atoms with Crippen molar-refractivity contribution in [3.05, 3.63) is 34.6 Å². The summed E-state index contributed by atoms with van der Waals surface area (Å²) in [6.45, 7) is 5.43. The summed E-state index contributed by atoms with van der Waals surface area (Å²) in [5, 5.41) is 4.19. The maximum absolute atomic E-state index is 13.8. The van der Waals surface area contributed by atoms with Crippen LogP contribution in [0.4, 0.5) is 4.39 Å². The van der Waals surface area contributed by atoms with E-state index in [2.05, 4.69) is 19.2 Å². The molecule has 1 aliphatic rings. The topological polar surface area (TPSA) is 12.0 Å². The molecule has 2 unspecified atom stereocenters. The van der Waals surface area contributed by atoms with Crippen molar-refractivity contribution < 1.29 is 4.39 Å². The molecule has 1 aliphatic carbocycles. The van der Waals surface area contributed by atoms with Crippen LogP contribution < -0.4 is 5.32 Å². The highest BCUT2D eigenvalue weighted by molar-refractivity contribution is 6.30. The number of hydrogen-bond acceptors (Lipinski definition) is 1. The standard InChI is InChI=1S/C16H23ClFN/c1-3-8-19-16(11(2)12-4-5-12)10-13-9-14(17)6-7-15(13)18/h6-7,9,11-12,16,19H,3-5,8,10H2,1-2H3. The van der Waals surface area contributed by atoms with Crippen LogP contribution in [0.25, 0.3) is 0 Å². The molecule has 2 atom stereocenters. The van der Waals surface area contributed by atoms with Crippen LogP contribution in [-0.4, -0.2) is 12.6 Å². The number of hydrogen-bond donors (Lipinski definition) is 1. The fourth-order valence-corrected chi connectivity index (χ4v) is 2.86. The molecule has 0 heterocycles. The van der Waals surface area contributed by atoms with Gasteiger partial charge in [0.05, 0.1) is 0 Å². The van der Waals surface area contributed by atoms with Gasteiger partial charge in [0.25, 0.3) is 0 Å². The molecular weight excluding hydrogens is 261 g/mol. The van der Waals surface area contributed by atoms with Gasteiger partial charge in [-0.25, -0.2) is 4.39 Å². The minimum Gasteiger partial charge on any atom is -0.313 e. The third kappa shape index (κ3) is 4.19. The Bertz CT molecular complexity index is 417. The van der Waals surface area contributed by atoms with Gasteiger partial charge < -0.3 is 5.32 Å². The summed E-state index contributed by atoms with van der Waals surface area (Å²) in [5.74, 6) is 1.28. The molecule has 1 N–H and O–H groups in total. The minimum absolute atomic E-state index is 0.143. The lowest BCUT2D eigenvalue weighted by atomic mass is 9.91. The summed E-state index contributed by atoms with van der Waals surface area (Å²) >= 11 is 5.97. The Kier molecular flexibility index (Phi) is 5.23. The maximum atomic E-state index is 13.8. The molecule has 3 heteroatoms. The van der Waals surface area contributed by atoms with Crippen LogP contribution in [0.2, 0.25) is 5.02 Å². The first-order valence-corrected chi connectivity index (χ1v) is 7.67. The van der Waals surface area contributed by atoms with E-state index in [1.54, 1.807) is 12.1 Å². The first-order valence-electron chi connectivity index (χ1n) is 7.29. The predicted octanol–water partition coefficient (Wildman–Crippen LogP) is 4.44. The van der Waals surface area contributed by atoms with Crippen LogP contribution in [-0.2, 0) is 6.42 Å². The highest BCUT2D eigenvalue weighted by Crippen LogP contribution is 2.39. The van der Waals surface area contributed by atoms with Crippen molar-refractivity contribution in [2.24, 2.45) is 11.8 Å². The molecule has 0 spiro atoms. The molecule has 1 nitrogen and oxygen atoms in total. The lowest BCUT2D eigenvalue weighted by molar-refractivity contribution is 0.337. The molecule has 106 valence electrons. The zero-order chi connectivity index (χ0) is 13.8. The van der Waals surface area contributed by atoms with E-state index in [4.69, 9.17) is 11.6 Å². The van der Waals surface area contributed by atoms with Crippen molar-refractivity contribution in [1.82, 2.24) is 5.32 Å². The van der Waals surface area contributed by atoms with Crippen molar-refractivity contribution >= 4 is 11.6 Å². The van der Waals surface area contributed by atoms with Crippen LogP contribution in [0.5, 0.6) is 0 Å². The summed E-state index contributed by atoms with van der Waals surface area (Å²) in [6.07, 6.45) is 4.48. The smallest absolute Gasteiger partial charge is 0.126 e. The van der Waals surface area contributed by atoms with E-state index in [1.807, 2.05) is 0 Å². The fraction of sp³-hybridized carbons (Fsp3) is 0.625. The Morgan fingerprint density at radius 2 is 2.16 bits per heavy atom. The zero-order valence-electron chi connectivity index (χ0n) is 11.8. The molecule has 0 aromatic heterocycles. The first-order chi connectivity index (χ1) is 9.11. The Labute approximate surface area is 120 Å². The summed E-state index contributed by atoms with van der Waals surface area (Å²) in [6, 6.07) is 5.19. The molecule has 0 amide bonds. The molecular formula is C16H23ClFN. The number of nitrogens with one attached hydrogen (secondary N) is 1. The fourth-order valence-electron chi connectivity index (χ4n) is 2.66. The van der Waals surface area contributed by atoms with Gasteiger partial charge in [0.1, 0.15) is 5.82 Å². The third-order valence-electron chi connectivity index (χ3n) is 4.10. The first kappa shape index (κ1) is 14.8. The van der Waals surface area contributed by atoms with E-state index in [1.165, 1.54) is 18.9 Å². The number of halogens is 2. The highest BCUT2D eigenvalue weighted by Gasteiger charge is 2.33. The summed E-state index contributed by atoms with van der Waals surface area (Å²) in [7, 11) is 0. The van der Waals surface area contributed by atoms with Gasteiger partial charge in [-0.15, -0.1) is 0 Å². The zero-order valence-corrected chi connectivity index (χ0v) is 12.5. The molecule has 19 heavy (non-hydrogen) atoms. The molecule has 1 aromatic carbocycles. The molecule has 0 radical (unpaired) electrons. The second-order valence-electron chi connectivity index (χ2n) is 5.70. The van der Waals surface area contributed by atoms with Gasteiger partial charge in [-0.1, -0.05) is 25.4 Å². The van der Waals surface area contributed by atoms with E-state index < -0.39 is 0 Å². The van der Waals surface area contributed by atoms with E-state index in [-0.39, 0.29) is 5.82 Å². The average Bonchev–Trinajstić information content (AvgIpc) is 3.22. The molecule has 2 rings (SSSR count). The minimum atomic E-state index is -0.143. The Morgan fingerprint density at radius 3 is 2.79 bits per heavy atom. The van der Waals surface area contributed by atoms with Gasteiger partial charge in [-0.2, -0.15) is 0 Å². The summed E-state index contributed by atoms with van der Waals surface area (Å²) in [5.41, 5.74) is 0.730. The molecule has 0 aliphatic heterocycles. The van der Waals surface area contributed by atoms with Crippen LogP contribution in [0.15, 0.2) is 18.2 Å². The molecule has 1 saturated carbocycles. The van der Waals surface area contributed by atoms with Crippen LogP contribution >= 0.6 is 11.6 Å². The van der Waals surface area contributed by atoms with E-state index >= 15 is 0 Å². The quantitative estimate of drug-likeness (QED) is 0.780. The van der Waals surface area contributed by atoms with Crippen LogP contribution in [0.3, 0.4) is 0 Å². The summed E-state index contributed by atoms with van der Waals surface area (Å²) in [4.78, 5) is 0. The van der Waals surface area contributed by atoms with Crippen LogP contribution in [0, 0.1) is 17.7 Å².